The van der Waals surface area contributed by atoms with E-state index < -0.39 is 23.4 Å². The third-order valence-corrected chi connectivity index (χ3v) is 1.91. The molecular formula is C10H10F3NO3. The van der Waals surface area contributed by atoms with Gasteiger partial charge in [0.2, 0.25) is 0 Å². The maximum Gasteiger partial charge on any atom is 0.433 e. The summed E-state index contributed by atoms with van der Waals surface area (Å²) in [5.74, 6) is -1.26. The number of pyridine rings is 1. The van der Waals surface area contributed by atoms with Crippen molar-refractivity contribution >= 4 is 5.97 Å². The fourth-order valence-corrected chi connectivity index (χ4v) is 0.947. The fourth-order valence-electron chi connectivity index (χ4n) is 0.947. The van der Waals surface area contributed by atoms with Gasteiger partial charge in [-0.25, -0.2) is 9.78 Å². The molecule has 1 aromatic rings. The van der Waals surface area contributed by atoms with Crippen LogP contribution in [0, 0.1) is 0 Å². The molecule has 0 bridgehead atoms. The highest BCUT2D eigenvalue weighted by atomic mass is 19.4. The molecule has 17 heavy (non-hydrogen) atoms. The second-order valence-electron chi connectivity index (χ2n) is 3.79. The summed E-state index contributed by atoms with van der Waals surface area (Å²) in [6.45, 7) is 2.57. The molecule has 0 saturated carbocycles. The summed E-state index contributed by atoms with van der Waals surface area (Å²) in [6.07, 6.45) is -3.69. The first kappa shape index (κ1) is 13.3. The predicted octanol–water partition coefficient (Wildman–Crippen LogP) is 2.34. The summed E-state index contributed by atoms with van der Waals surface area (Å²) in [6, 6.07) is 1.76. The maximum absolute atomic E-state index is 12.2. The highest BCUT2D eigenvalue weighted by Crippen LogP contribution is 2.28. The van der Waals surface area contributed by atoms with E-state index >= 15 is 0 Å². The monoisotopic (exact) mass is 249 g/mol. The first-order chi connectivity index (χ1) is 7.63. The number of halogens is 3. The molecule has 4 nitrogen and oxygen atoms in total. The molecule has 0 aliphatic carbocycles. The van der Waals surface area contributed by atoms with Gasteiger partial charge in [0.25, 0.3) is 0 Å². The molecule has 0 unspecified atom stereocenters. The van der Waals surface area contributed by atoms with Gasteiger partial charge < -0.3 is 9.84 Å². The van der Waals surface area contributed by atoms with Gasteiger partial charge in [-0.05, 0) is 26.0 Å². The van der Waals surface area contributed by atoms with E-state index in [1.54, 1.807) is 0 Å². The molecule has 0 aliphatic rings. The zero-order valence-electron chi connectivity index (χ0n) is 9.08. The maximum atomic E-state index is 12.2. The van der Waals surface area contributed by atoms with Gasteiger partial charge in [0.05, 0.1) is 6.20 Å². The lowest BCUT2D eigenvalue weighted by molar-refractivity contribution is -0.152. The van der Waals surface area contributed by atoms with Gasteiger partial charge in [-0.1, -0.05) is 0 Å². The van der Waals surface area contributed by atoms with Crippen molar-refractivity contribution in [1.82, 2.24) is 4.98 Å². The number of alkyl halides is 3. The number of nitrogens with zero attached hydrogens (tertiary/aromatic N) is 1. The lowest BCUT2D eigenvalue weighted by Gasteiger charge is -2.21. The lowest BCUT2D eigenvalue weighted by atomic mass is 10.1. The summed E-state index contributed by atoms with van der Waals surface area (Å²) < 4.78 is 41.6. The van der Waals surface area contributed by atoms with Gasteiger partial charge in [-0.2, -0.15) is 13.2 Å². The van der Waals surface area contributed by atoms with Crippen molar-refractivity contribution in [2.45, 2.75) is 25.6 Å². The quantitative estimate of drug-likeness (QED) is 0.893. The van der Waals surface area contributed by atoms with Crippen LogP contribution in [0.1, 0.15) is 19.5 Å². The zero-order valence-corrected chi connectivity index (χ0v) is 9.08. The zero-order chi connectivity index (χ0) is 13.3. The SMILES string of the molecule is CC(C)(Oc1ccc(C(F)(F)F)nc1)C(=O)O. The van der Waals surface area contributed by atoms with Crippen molar-refractivity contribution < 1.29 is 27.8 Å². The highest BCUT2D eigenvalue weighted by molar-refractivity contribution is 5.76. The minimum absolute atomic E-state index is 0.0367. The van der Waals surface area contributed by atoms with Gasteiger partial charge in [-0.15, -0.1) is 0 Å². The molecule has 0 aliphatic heterocycles. The Kier molecular flexibility index (Phi) is 3.30. The molecule has 7 heteroatoms. The van der Waals surface area contributed by atoms with E-state index in [2.05, 4.69) is 4.98 Å². The summed E-state index contributed by atoms with van der Waals surface area (Å²) >= 11 is 0. The number of rotatable bonds is 3. The van der Waals surface area contributed by atoms with Crippen molar-refractivity contribution in [2.75, 3.05) is 0 Å². The Hall–Kier alpha value is -1.79. The molecular weight excluding hydrogens is 239 g/mol. The van der Waals surface area contributed by atoms with E-state index in [9.17, 15) is 18.0 Å². The van der Waals surface area contributed by atoms with Crippen molar-refractivity contribution in [1.29, 1.82) is 0 Å². The van der Waals surface area contributed by atoms with E-state index in [-0.39, 0.29) is 5.75 Å². The Labute approximate surface area is 95.0 Å². The number of aliphatic carboxylic acids is 1. The van der Waals surface area contributed by atoms with Crippen LogP contribution in [0.3, 0.4) is 0 Å². The standard InChI is InChI=1S/C10H10F3NO3/c1-9(2,8(15)16)17-6-3-4-7(14-5-6)10(11,12)13/h3-5H,1-2H3,(H,15,16). The first-order valence-corrected chi connectivity index (χ1v) is 4.58. The van der Waals surface area contributed by atoms with Gasteiger partial charge in [-0.3, -0.25) is 0 Å². The molecule has 0 saturated heterocycles. The Morgan fingerprint density at radius 3 is 2.29 bits per heavy atom. The van der Waals surface area contributed by atoms with E-state index in [0.29, 0.717) is 0 Å². The van der Waals surface area contributed by atoms with Crippen molar-refractivity contribution in [3.8, 4) is 5.75 Å². The third-order valence-electron chi connectivity index (χ3n) is 1.91. The smallest absolute Gasteiger partial charge is 0.433 e. The lowest BCUT2D eigenvalue weighted by Crippen LogP contribution is -2.37. The summed E-state index contributed by atoms with van der Waals surface area (Å²) in [7, 11) is 0. The summed E-state index contributed by atoms with van der Waals surface area (Å²) in [5.41, 5.74) is -2.58. The van der Waals surface area contributed by atoms with Crippen LogP contribution in [0.25, 0.3) is 0 Å². The average molecular weight is 249 g/mol. The Morgan fingerprint density at radius 2 is 1.94 bits per heavy atom. The molecule has 0 radical (unpaired) electrons. The van der Waals surface area contributed by atoms with Crippen molar-refractivity contribution in [3.63, 3.8) is 0 Å². The molecule has 0 aromatic carbocycles. The van der Waals surface area contributed by atoms with Crippen LogP contribution in [-0.4, -0.2) is 21.7 Å². The van der Waals surface area contributed by atoms with Crippen LogP contribution in [0.15, 0.2) is 18.3 Å². The van der Waals surface area contributed by atoms with Gasteiger partial charge in [0.1, 0.15) is 11.4 Å². The molecule has 1 heterocycles. The number of ether oxygens (including phenoxy) is 1. The Bertz CT molecular complexity index is 412. The van der Waals surface area contributed by atoms with Crippen LogP contribution >= 0.6 is 0 Å². The molecule has 1 aromatic heterocycles. The van der Waals surface area contributed by atoms with Crippen molar-refractivity contribution in [2.24, 2.45) is 0 Å². The van der Waals surface area contributed by atoms with Crippen LogP contribution in [-0.2, 0) is 11.0 Å². The van der Waals surface area contributed by atoms with Crippen LogP contribution in [0.5, 0.6) is 5.75 Å². The van der Waals surface area contributed by atoms with E-state index in [4.69, 9.17) is 9.84 Å². The largest absolute Gasteiger partial charge is 0.478 e. The minimum Gasteiger partial charge on any atom is -0.478 e. The van der Waals surface area contributed by atoms with Gasteiger partial charge >= 0.3 is 12.1 Å². The molecule has 1 rings (SSSR count). The number of carboxylic acids is 1. The van der Waals surface area contributed by atoms with Gasteiger partial charge in [0.15, 0.2) is 5.60 Å². The Balaban J connectivity index is 2.86. The molecule has 1 N–H and O–H groups in total. The number of hydrogen-bond donors (Lipinski definition) is 1. The molecule has 0 amide bonds. The van der Waals surface area contributed by atoms with Gasteiger partial charge in [0, 0.05) is 0 Å². The predicted molar refractivity (Wildman–Crippen MR) is 51.6 cm³/mol. The third kappa shape index (κ3) is 3.33. The number of aromatic nitrogens is 1. The second kappa shape index (κ2) is 4.23. The van der Waals surface area contributed by atoms with E-state index in [1.165, 1.54) is 13.8 Å². The number of carboxylic acid groups (broad SMARTS) is 1. The number of carbonyl (C=O) groups is 1. The molecule has 0 fully saturated rings. The highest BCUT2D eigenvalue weighted by Gasteiger charge is 2.33. The van der Waals surface area contributed by atoms with E-state index in [1.807, 2.05) is 0 Å². The van der Waals surface area contributed by atoms with Crippen LogP contribution in [0.2, 0.25) is 0 Å². The molecule has 0 atom stereocenters. The first-order valence-electron chi connectivity index (χ1n) is 4.58. The normalized spacial score (nSPS) is 12.3. The van der Waals surface area contributed by atoms with Crippen LogP contribution < -0.4 is 4.74 Å². The molecule has 94 valence electrons. The fraction of sp³-hybridized carbons (Fsp3) is 0.400. The number of hydrogen-bond acceptors (Lipinski definition) is 3. The second-order valence-corrected chi connectivity index (χ2v) is 3.79. The summed E-state index contributed by atoms with van der Waals surface area (Å²) in [5, 5.41) is 8.76. The van der Waals surface area contributed by atoms with E-state index in [0.717, 1.165) is 18.3 Å². The topological polar surface area (TPSA) is 59.4 Å². The van der Waals surface area contributed by atoms with Crippen LogP contribution in [0.4, 0.5) is 13.2 Å². The summed E-state index contributed by atoms with van der Waals surface area (Å²) in [4.78, 5) is 13.9. The van der Waals surface area contributed by atoms with Crippen molar-refractivity contribution in [3.05, 3.63) is 24.0 Å². The average Bonchev–Trinajstić information content (AvgIpc) is 2.16. The minimum atomic E-state index is -4.53. The Morgan fingerprint density at radius 1 is 1.35 bits per heavy atom. The molecule has 0 spiro atoms.